The molecule has 1 unspecified atom stereocenters. The largest absolute Gasteiger partial charge is 0.233 e. The number of hydrogen-bond donors (Lipinski definition) is 0. The molecule has 0 aliphatic rings. The fourth-order valence-electron chi connectivity index (χ4n) is 0.561. The first kappa shape index (κ1) is 14.8. The first-order valence-corrected chi connectivity index (χ1v) is 5.25. The highest BCUT2D eigenvalue weighted by atomic mass is 17.2. The molecule has 1 atom stereocenters. The highest BCUT2D eigenvalue weighted by Crippen LogP contribution is 2.11. The summed E-state index contributed by atoms with van der Waals surface area (Å²) < 4.78 is 0. The summed E-state index contributed by atoms with van der Waals surface area (Å²) in [6, 6.07) is 0. The van der Waals surface area contributed by atoms with E-state index in [2.05, 4.69) is 0 Å². The van der Waals surface area contributed by atoms with Crippen molar-refractivity contribution in [2.24, 2.45) is 0 Å². The Labute approximate surface area is 92.7 Å². The van der Waals surface area contributed by atoms with Gasteiger partial charge in [-0.25, -0.2) is 19.6 Å². The maximum absolute atomic E-state index is 5.14. The summed E-state index contributed by atoms with van der Waals surface area (Å²) in [6.45, 7) is 13.7. The minimum Gasteiger partial charge on any atom is -0.233 e. The van der Waals surface area contributed by atoms with Gasteiger partial charge in [0, 0.05) is 0 Å². The Kier molecular flexibility index (Phi) is 5.73. The van der Waals surface area contributed by atoms with Gasteiger partial charge in [0.1, 0.15) is 12.7 Å². The molecule has 0 fully saturated rings. The predicted molar refractivity (Wildman–Crippen MR) is 58.2 cm³/mol. The van der Waals surface area contributed by atoms with E-state index in [1.54, 1.807) is 0 Å². The first-order chi connectivity index (χ1) is 6.60. The molecule has 0 aromatic carbocycles. The molecule has 4 heteroatoms. The molecule has 0 aliphatic carbocycles. The Morgan fingerprint density at radius 3 is 1.73 bits per heavy atom. The van der Waals surface area contributed by atoms with E-state index in [9.17, 15) is 0 Å². The van der Waals surface area contributed by atoms with Crippen molar-refractivity contribution in [3.8, 4) is 0 Å². The van der Waals surface area contributed by atoms with Crippen LogP contribution in [-0.4, -0.2) is 23.9 Å². The second-order valence-electron chi connectivity index (χ2n) is 5.58. The van der Waals surface area contributed by atoms with Crippen molar-refractivity contribution < 1.29 is 19.6 Å². The van der Waals surface area contributed by atoms with Crippen LogP contribution < -0.4 is 0 Å². The Balaban J connectivity index is 3.54. The molecule has 0 aromatic rings. The minimum absolute atomic E-state index is 0.161. The number of rotatable bonds is 5. The fraction of sp³-hybridized carbons (Fsp3) is 1.00. The predicted octanol–water partition coefficient (Wildman–Crippen LogP) is 2.87. The summed E-state index contributed by atoms with van der Waals surface area (Å²) in [5.41, 5.74) is -0.607. The van der Waals surface area contributed by atoms with Crippen LogP contribution in [0.3, 0.4) is 0 Å². The van der Waals surface area contributed by atoms with E-state index in [1.165, 1.54) is 0 Å². The van der Waals surface area contributed by atoms with Gasteiger partial charge in [-0.1, -0.05) is 0 Å². The van der Waals surface area contributed by atoms with Crippen LogP contribution in [0.15, 0.2) is 0 Å². The highest BCUT2D eigenvalue weighted by Gasteiger charge is 2.16. The minimum atomic E-state index is -0.306. The van der Waals surface area contributed by atoms with Crippen molar-refractivity contribution in [1.82, 2.24) is 0 Å². The van der Waals surface area contributed by atoms with Gasteiger partial charge in [0.05, 0.1) is 11.2 Å². The third-order valence-corrected chi connectivity index (χ3v) is 1.07. The monoisotopic (exact) mass is 220 g/mol. The molecular formula is C11H24O4. The third kappa shape index (κ3) is 11.8. The lowest BCUT2D eigenvalue weighted by Gasteiger charge is -2.22. The van der Waals surface area contributed by atoms with Crippen LogP contribution in [0.4, 0.5) is 0 Å². The van der Waals surface area contributed by atoms with Gasteiger partial charge < -0.3 is 0 Å². The van der Waals surface area contributed by atoms with Gasteiger partial charge in [0.2, 0.25) is 0 Å². The average Bonchev–Trinajstić information content (AvgIpc) is 1.97. The average molecular weight is 220 g/mol. The lowest BCUT2D eigenvalue weighted by Crippen LogP contribution is -2.27. The summed E-state index contributed by atoms with van der Waals surface area (Å²) in [4.78, 5) is 20.4. The van der Waals surface area contributed by atoms with Crippen LogP contribution in [-0.2, 0) is 19.6 Å². The molecular weight excluding hydrogens is 196 g/mol. The second-order valence-corrected chi connectivity index (χ2v) is 5.58. The Hall–Kier alpha value is -0.160. The smallest absolute Gasteiger partial charge is 0.117 e. The zero-order chi connectivity index (χ0) is 12.1. The van der Waals surface area contributed by atoms with Gasteiger partial charge in [-0.05, 0) is 48.5 Å². The zero-order valence-electron chi connectivity index (χ0n) is 10.9. The van der Waals surface area contributed by atoms with Crippen LogP contribution in [0.25, 0.3) is 0 Å². The van der Waals surface area contributed by atoms with E-state index in [0.29, 0.717) is 6.61 Å². The SMILES string of the molecule is CC(COOC(C)(C)C)OOC(C)(C)C. The molecule has 0 spiro atoms. The molecule has 0 heterocycles. The van der Waals surface area contributed by atoms with E-state index >= 15 is 0 Å². The topological polar surface area (TPSA) is 36.9 Å². The van der Waals surface area contributed by atoms with E-state index in [0.717, 1.165) is 0 Å². The van der Waals surface area contributed by atoms with Gasteiger partial charge >= 0.3 is 0 Å². The summed E-state index contributed by atoms with van der Waals surface area (Å²) in [5, 5.41) is 0. The van der Waals surface area contributed by atoms with Crippen molar-refractivity contribution in [2.45, 2.75) is 65.8 Å². The normalized spacial score (nSPS) is 15.4. The summed E-state index contributed by atoms with van der Waals surface area (Å²) in [7, 11) is 0. The van der Waals surface area contributed by atoms with Crippen molar-refractivity contribution in [3.05, 3.63) is 0 Å². The highest BCUT2D eigenvalue weighted by molar-refractivity contribution is 4.56. The molecule has 0 saturated carbocycles. The van der Waals surface area contributed by atoms with Gasteiger partial charge in [-0.15, -0.1) is 0 Å². The molecule has 4 nitrogen and oxygen atoms in total. The molecule has 0 aromatic heterocycles. The molecule has 0 rings (SSSR count). The van der Waals surface area contributed by atoms with Crippen LogP contribution in [0.2, 0.25) is 0 Å². The van der Waals surface area contributed by atoms with Crippen molar-refractivity contribution >= 4 is 0 Å². The molecule has 0 N–H and O–H groups in total. The van der Waals surface area contributed by atoms with E-state index in [-0.39, 0.29) is 17.3 Å². The molecule has 0 bridgehead atoms. The van der Waals surface area contributed by atoms with Gasteiger partial charge in [-0.2, -0.15) is 0 Å². The fourth-order valence-corrected chi connectivity index (χ4v) is 0.561. The summed E-state index contributed by atoms with van der Waals surface area (Å²) >= 11 is 0. The molecule has 0 amide bonds. The molecule has 0 saturated heterocycles. The van der Waals surface area contributed by atoms with Gasteiger partial charge in [0.25, 0.3) is 0 Å². The summed E-state index contributed by atoms with van der Waals surface area (Å²) in [6.07, 6.45) is -0.161. The molecule has 92 valence electrons. The Morgan fingerprint density at radius 1 is 0.867 bits per heavy atom. The Morgan fingerprint density at radius 2 is 1.33 bits per heavy atom. The third-order valence-electron chi connectivity index (χ3n) is 1.07. The Bertz CT molecular complexity index is 166. The lowest BCUT2D eigenvalue weighted by molar-refractivity contribution is -0.407. The maximum atomic E-state index is 5.14. The number of hydrogen-bond acceptors (Lipinski definition) is 4. The van der Waals surface area contributed by atoms with E-state index < -0.39 is 0 Å². The van der Waals surface area contributed by atoms with Crippen molar-refractivity contribution in [1.29, 1.82) is 0 Å². The van der Waals surface area contributed by atoms with Crippen LogP contribution in [0.1, 0.15) is 48.5 Å². The van der Waals surface area contributed by atoms with Crippen LogP contribution in [0.5, 0.6) is 0 Å². The molecule has 0 aliphatic heterocycles. The van der Waals surface area contributed by atoms with E-state index in [1.807, 2.05) is 48.5 Å². The molecule has 0 radical (unpaired) electrons. The molecule has 15 heavy (non-hydrogen) atoms. The van der Waals surface area contributed by atoms with Crippen molar-refractivity contribution in [3.63, 3.8) is 0 Å². The van der Waals surface area contributed by atoms with Crippen molar-refractivity contribution in [2.75, 3.05) is 6.61 Å². The zero-order valence-corrected chi connectivity index (χ0v) is 10.9. The first-order valence-electron chi connectivity index (χ1n) is 5.25. The second kappa shape index (κ2) is 5.80. The maximum Gasteiger partial charge on any atom is 0.117 e. The quantitative estimate of drug-likeness (QED) is 0.527. The van der Waals surface area contributed by atoms with Crippen LogP contribution in [0, 0.1) is 0 Å². The van der Waals surface area contributed by atoms with Crippen LogP contribution >= 0.6 is 0 Å². The van der Waals surface area contributed by atoms with Gasteiger partial charge in [-0.3, -0.25) is 0 Å². The lowest BCUT2D eigenvalue weighted by atomic mass is 10.2. The van der Waals surface area contributed by atoms with E-state index in [4.69, 9.17) is 19.6 Å². The van der Waals surface area contributed by atoms with Gasteiger partial charge in [0.15, 0.2) is 0 Å². The summed E-state index contributed by atoms with van der Waals surface area (Å²) in [5.74, 6) is 0. The standard InChI is InChI=1S/C11H24O4/c1-9(13-15-11(5,6)7)8-12-14-10(2,3)4/h9H,8H2,1-7H3.